The van der Waals surface area contributed by atoms with Crippen LogP contribution in [0.15, 0.2) is 0 Å². The van der Waals surface area contributed by atoms with Gasteiger partial charge < -0.3 is 11.2 Å². The average molecular weight is 543 g/mol. The van der Waals surface area contributed by atoms with Gasteiger partial charge in [-0.05, 0) is 0 Å². The van der Waals surface area contributed by atoms with Crippen LogP contribution >= 0.6 is 0 Å². The maximum absolute atomic E-state index is 10.8. The first kappa shape index (κ1) is 31.0. The van der Waals surface area contributed by atoms with Crippen molar-refractivity contribution in [3.8, 4) is 0 Å². The Morgan fingerprint density at radius 2 is 1.29 bits per heavy atom. The number of carbonyl (C=O) groups is 1. The molecule has 2 rings (SSSR count). The first-order chi connectivity index (χ1) is 13.2. The second-order valence-electron chi connectivity index (χ2n) is 8.12. The van der Waals surface area contributed by atoms with E-state index in [0.717, 1.165) is 19.3 Å². The van der Waals surface area contributed by atoms with Crippen molar-refractivity contribution in [1.29, 1.82) is 0 Å². The molecular formula is C24H48FeO2Sn+2. The Balaban J connectivity index is 0. The van der Waals surface area contributed by atoms with Gasteiger partial charge in [0.25, 0.3) is 5.97 Å². The van der Waals surface area contributed by atoms with E-state index in [4.69, 9.17) is 0 Å². The van der Waals surface area contributed by atoms with Crippen LogP contribution in [0.3, 0.4) is 0 Å². The summed E-state index contributed by atoms with van der Waals surface area (Å²) in [7, 11) is 1.44. The molecule has 1 atom stereocenters. The Labute approximate surface area is 194 Å². The Bertz CT molecular complexity index is 289. The first-order valence-electron chi connectivity index (χ1n) is 11.9. The SMILES string of the molecule is C1CCCC1.CCC[CH2][Sn+]([CH2]CCC)[CH2]CCC.COC(=O)C1[CH-]CCC1.[Fe+2]. The fourth-order valence-corrected chi connectivity index (χ4v) is 13.1. The predicted molar refractivity (Wildman–Crippen MR) is 122 cm³/mol. The molecule has 0 amide bonds. The number of esters is 1. The van der Waals surface area contributed by atoms with E-state index >= 15 is 0 Å². The van der Waals surface area contributed by atoms with Crippen LogP contribution in [-0.2, 0) is 26.6 Å². The van der Waals surface area contributed by atoms with Gasteiger partial charge in [0.15, 0.2) is 0 Å². The predicted octanol–water partition coefficient (Wildman–Crippen LogP) is 7.99. The maximum atomic E-state index is 10.8. The van der Waals surface area contributed by atoms with E-state index in [1.54, 1.807) is 13.3 Å². The van der Waals surface area contributed by atoms with Gasteiger partial charge in [-0.15, -0.1) is 0 Å². The molecule has 0 bridgehead atoms. The molecule has 2 fully saturated rings. The van der Waals surface area contributed by atoms with Crippen molar-refractivity contribution < 1.29 is 26.6 Å². The summed E-state index contributed by atoms with van der Waals surface area (Å²) < 4.78 is 9.60. The summed E-state index contributed by atoms with van der Waals surface area (Å²) in [5.74, 6) is 0.0162. The molecule has 28 heavy (non-hydrogen) atoms. The molecule has 166 valence electrons. The zero-order valence-corrected chi connectivity index (χ0v) is 23.3. The molecule has 0 aromatic rings. The molecule has 0 aliphatic heterocycles. The van der Waals surface area contributed by atoms with Gasteiger partial charge in [0, 0.05) is 0 Å². The summed E-state index contributed by atoms with van der Waals surface area (Å²) in [6.07, 6.45) is 21.6. The second kappa shape index (κ2) is 24.1. The molecule has 0 heterocycles. The van der Waals surface area contributed by atoms with Crippen LogP contribution in [0.2, 0.25) is 13.3 Å². The number of methoxy groups -OCH3 is 1. The third-order valence-corrected chi connectivity index (χ3v) is 14.7. The third kappa shape index (κ3) is 18.8. The maximum Gasteiger partial charge on any atom is 2.00 e. The van der Waals surface area contributed by atoms with E-state index in [1.165, 1.54) is 77.7 Å². The van der Waals surface area contributed by atoms with Gasteiger partial charge in [-0.3, -0.25) is 4.79 Å². The molecule has 0 aromatic heterocycles. The molecular weight excluding hydrogens is 495 g/mol. The van der Waals surface area contributed by atoms with Crippen LogP contribution in [-0.4, -0.2) is 32.8 Å². The molecule has 0 radical (unpaired) electrons. The van der Waals surface area contributed by atoms with E-state index in [9.17, 15) is 4.79 Å². The minimum Gasteiger partial charge on any atom is -0.471 e. The molecule has 2 saturated carbocycles. The Morgan fingerprint density at radius 3 is 1.57 bits per heavy atom. The van der Waals surface area contributed by atoms with Gasteiger partial charge in [-0.2, -0.15) is 6.42 Å². The van der Waals surface area contributed by atoms with Crippen LogP contribution in [0.5, 0.6) is 0 Å². The van der Waals surface area contributed by atoms with Crippen LogP contribution in [0.25, 0.3) is 0 Å². The number of rotatable bonds is 10. The Hall–Kier alpha value is 0.788. The van der Waals surface area contributed by atoms with Gasteiger partial charge in [-0.1, -0.05) is 50.9 Å². The minimum atomic E-state index is -0.839. The van der Waals surface area contributed by atoms with Crippen LogP contribution in [0.4, 0.5) is 0 Å². The number of hydrogen-bond acceptors (Lipinski definition) is 2. The quantitative estimate of drug-likeness (QED) is 0.159. The van der Waals surface area contributed by atoms with E-state index in [0.29, 0.717) is 0 Å². The van der Waals surface area contributed by atoms with Gasteiger partial charge in [-0.25, -0.2) is 0 Å². The van der Waals surface area contributed by atoms with Crippen molar-refractivity contribution >= 4 is 25.7 Å². The van der Waals surface area contributed by atoms with E-state index in [1.807, 2.05) is 6.42 Å². The van der Waals surface area contributed by atoms with E-state index in [-0.39, 0.29) is 29.0 Å². The van der Waals surface area contributed by atoms with Gasteiger partial charge in [0.1, 0.15) is 0 Å². The van der Waals surface area contributed by atoms with E-state index < -0.39 is 19.8 Å². The summed E-state index contributed by atoms with van der Waals surface area (Å²) in [6.45, 7) is 7.00. The molecule has 0 aromatic carbocycles. The van der Waals surface area contributed by atoms with Crippen molar-refractivity contribution in [2.75, 3.05) is 7.11 Å². The fraction of sp³-hybridized carbons (Fsp3) is 0.917. The summed E-state index contributed by atoms with van der Waals surface area (Å²) in [6, 6.07) is 0. The van der Waals surface area contributed by atoms with Crippen molar-refractivity contribution in [2.45, 2.75) is 124 Å². The Morgan fingerprint density at radius 1 is 0.857 bits per heavy atom. The molecule has 2 nitrogen and oxygen atoms in total. The number of carbonyl (C=O) groups excluding carboxylic acids is 1. The van der Waals surface area contributed by atoms with Gasteiger partial charge >= 0.3 is 109 Å². The molecule has 0 saturated heterocycles. The monoisotopic (exact) mass is 544 g/mol. The molecule has 4 heteroatoms. The number of unbranched alkanes of at least 4 members (excludes halogenated alkanes) is 3. The standard InChI is InChI=1S/C7H11O2.C5H10.3C4H9.Fe.Sn/c1-9-7(8)6-4-2-3-5-6;1-2-4-5-3-1;3*1-3-4-2;;/h4,6H,2-3,5H2,1H3;1-5H2;3*1,3-4H2,2H3;;/q-1;;;;;+2;+1. The summed E-state index contributed by atoms with van der Waals surface area (Å²) in [5, 5.41) is 0. The summed E-state index contributed by atoms with van der Waals surface area (Å²) in [4.78, 5) is 10.8. The number of hydrogen-bond donors (Lipinski definition) is 0. The van der Waals surface area contributed by atoms with Crippen molar-refractivity contribution in [3.05, 3.63) is 6.42 Å². The topological polar surface area (TPSA) is 26.3 Å². The smallest absolute Gasteiger partial charge is 0.471 e. The molecule has 2 aliphatic rings. The molecule has 0 spiro atoms. The largest absolute Gasteiger partial charge is 2.00 e. The minimum absolute atomic E-state index is 0. The summed E-state index contributed by atoms with van der Waals surface area (Å²) >= 11 is -0.839. The van der Waals surface area contributed by atoms with Crippen LogP contribution in [0, 0.1) is 12.3 Å². The van der Waals surface area contributed by atoms with Crippen molar-refractivity contribution in [2.24, 2.45) is 5.92 Å². The van der Waals surface area contributed by atoms with Crippen molar-refractivity contribution in [1.82, 2.24) is 0 Å². The van der Waals surface area contributed by atoms with Gasteiger partial charge in [0.2, 0.25) is 0 Å². The second-order valence-corrected chi connectivity index (χ2v) is 16.7. The average Bonchev–Trinajstić information content (AvgIpc) is 3.44. The van der Waals surface area contributed by atoms with Crippen molar-refractivity contribution in [3.63, 3.8) is 0 Å². The zero-order chi connectivity index (χ0) is 20.2. The van der Waals surface area contributed by atoms with Crippen LogP contribution < -0.4 is 0 Å². The Kier molecular flexibility index (Phi) is 26.6. The third-order valence-electron chi connectivity index (χ3n) is 5.58. The summed E-state index contributed by atoms with van der Waals surface area (Å²) in [5.41, 5.74) is 0. The van der Waals surface area contributed by atoms with Crippen LogP contribution in [0.1, 0.15) is 111 Å². The number of ether oxygens (including phenoxy) is 1. The normalized spacial score (nSPS) is 17.5. The van der Waals surface area contributed by atoms with E-state index in [2.05, 4.69) is 25.5 Å². The molecule has 0 N–H and O–H groups in total. The fourth-order valence-electron chi connectivity index (χ4n) is 3.68. The molecule has 2 aliphatic carbocycles. The first-order valence-corrected chi connectivity index (χ1v) is 18.0. The molecule has 1 unspecified atom stereocenters. The van der Waals surface area contributed by atoms with Gasteiger partial charge in [0.05, 0.1) is 7.11 Å². The zero-order valence-electron chi connectivity index (χ0n) is 19.3.